The van der Waals surface area contributed by atoms with Gasteiger partial charge in [-0.05, 0) is 42.2 Å². The van der Waals surface area contributed by atoms with E-state index in [1.165, 1.54) is 27.9 Å². The van der Waals surface area contributed by atoms with Crippen LogP contribution in [0.1, 0.15) is 25.0 Å². The normalized spacial score (nSPS) is 12.1. The Hall–Kier alpha value is -1.76. The van der Waals surface area contributed by atoms with Crippen molar-refractivity contribution < 1.29 is 0 Å². The Morgan fingerprint density at radius 3 is 2.33 bits per heavy atom. The first-order valence-electron chi connectivity index (χ1n) is 6.67. The quantitative estimate of drug-likeness (QED) is 0.661. The Kier molecular flexibility index (Phi) is 2.83. The van der Waals surface area contributed by atoms with Gasteiger partial charge in [0.2, 0.25) is 0 Å². The molecule has 0 unspecified atom stereocenters. The molecule has 18 heavy (non-hydrogen) atoms. The molecule has 0 saturated heterocycles. The maximum absolute atomic E-state index is 2.42. The summed E-state index contributed by atoms with van der Waals surface area (Å²) in [5, 5.41) is 0. The van der Waals surface area contributed by atoms with Crippen LogP contribution in [0.25, 0.3) is 11.1 Å². The minimum Gasteiger partial charge on any atom is -0.372 e. The van der Waals surface area contributed by atoms with Crippen LogP contribution >= 0.6 is 0 Å². The molecular weight excluding hydrogens is 218 g/mol. The number of rotatable bonds is 3. The zero-order chi connectivity index (χ0) is 12.5. The second kappa shape index (κ2) is 4.49. The highest BCUT2D eigenvalue weighted by atomic mass is 15.1. The number of anilines is 1. The lowest BCUT2D eigenvalue weighted by molar-refractivity contribution is 0.864. The molecule has 0 atom stereocenters. The van der Waals surface area contributed by atoms with Crippen LogP contribution in [0.4, 0.5) is 5.69 Å². The number of nitrogens with zero attached hydrogens (tertiary/aromatic N) is 1. The number of fused-ring (bicyclic) bond motifs is 3. The van der Waals surface area contributed by atoms with E-state index in [4.69, 9.17) is 0 Å². The van der Waals surface area contributed by atoms with E-state index >= 15 is 0 Å². The molecule has 91 valence electrons. The van der Waals surface area contributed by atoms with Gasteiger partial charge < -0.3 is 4.90 Å². The Labute approximate surface area is 109 Å². The SMILES string of the molecule is CCN(CC)c1cccc2c1[CH]c1ccccc1-2. The number of benzene rings is 2. The lowest BCUT2D eigenvalue weighted by Crippen LogP contribution is -2.22. The predicted molar refractivity (Wildman–Crippen MR) is 77.9 cm³/mol. The average Bonchev–Trinajstić information content (AvgIpc) is 2.80. The fourth-order valence-corrected chi connectivity index (χ4v) is 2.80. The monoisotopic (exact) mass is 236 g/mol. The highest BCUT2D eigenvalue weighted by Gasteiger charge is 2.22. The van der Waals surface area contributed by atoms with Crippen molar-refractivity contribution in [3.63, 3.8) is 0 Å². The Morgan fingerprint density at radius 2 is 1.56 bits per heavy atom. The first-order chi connectivity index (χ1) is 8.85. The summed E-state index contributed by atoms with van der Waals surface area (Å²) in [5.74, 6) is 0. The summed E-state index contributed by atoms with van der Waals surface area (Å²) >= 11 is 0. The molecule has 0 aliphatic heterocycles. The number of hydrogen-bond donors (Lipinski definition) is 0. The van der Waals surface area contributed by atoms with E-state index in [0.29, 0.717) is 0 Å². The molecule has 0 amide bonds. The first kappa shape index (κ1) is 11.3. The van der Waals surface area contributed by atoms with Gasteiger partial charge in [0.15, 0.2) is 0 Å². The molecule has 1 heteroatoms. The predicted octanol–water partition coefficient (Wildman–Crippen LogP) is 4.11. The van der Waals surface area contributed by atoms with Gasteiger partial charge in [0.1, 0.15) is 0 Å². The molecule has 0 saturated carbocycles. The zero-order valence-corrected chi connectivity index (χ0v) is 11.0. The maximum Gasteiger partial charge on any atom is 0.0411 e. The van der Waals surface area contributed by atoms with Crippen molar-refractivity contribution in [2.24, 2.45) is 0 Å². The van der Waals surface area contributed by atoms with Crippen LogP contribution in [0.5, 0.6) is 0 Å². The van der Waals surface area contributed by atoms with Crippen LogP contribution in [0.2, 0.25) is 0 Å². The third-order valence-corrected chi connectivity index (χ3v) is 3.74. The van der Waals surface area contributed by atoms with E-state index in [0.717, 1.165) is 13.1 Å². The Morgan fingerprint density at radius 1 is 0.833 bits per heavy atom. The van der Waals surface area contributed by atoms with Gasteiger partial charge in [-0.2, -0.15) is 0 Å². The van der Waals surface area contributed by atoms with Gasteiger partial charge in [-0.15, -0.1) is 0 Å². The van der Waals surface area contributed by atoms with Gasteiger partial charge in [-0.25, -0.2) is 0 Å². The topological polar surface area (TPSA) is 3.24 Å². The van der Waals surface area contributed by atoms with Crippen molar-refractivity contribution in [1.82, 2.24) is 0 Å². The summed E-state index contributed by atoms with van der Waals surface area (Å²) in [6.45, 7) is 6.53. The zero-order valence-electron chi connectivity index (χ0n) is 11.0. The van der Waals surface area contributed by atoms with E-state index in [9.17, 15) is 0 Å². The summed E-state index contributed by atoms with van der Waals surface area (Å²) in [7, 11) is 0. The molecular formula is C17H18N. The molecule has 0 bridgehead atoms. The lowest BCUT2D eigenvalue weighted by Gasteiger charge is -2.23. The molecule has 0 aromatic heterocycles. The fraction of sp³-hybridized carbons (Fsp3) is 0.235. The van der Waals surface area contributed by atoms with Crippen molar-refractivity contribution in [3.05, 3.63) is 60.0 Å². The second-order valence-corrected chi connectivity index (χ2v) is 4.64. The molecule has 0 fully saturated rings. The largest absolute Gasteiger partial charge is 0.372 e. The van der Waals surface area contributed by atoms with E-state index < -0.39 is 0 Å². The van der Waals surface area contributed by atoms with Crippen molar-refractivity contribution >= 4 is 5.69 Å². The van der Waals surface area contributed by atoms with Gasteiger partial charge in [0.25, 0.3) is 0 Å². The highest BCUT2D eigenvalue weighted by molar-refractivity contribution is 5.86. The second-order valence-electron chi connectivity index (χ2n) is 4.64. The van der Waals surface area contributed by atoms with Gasteiger partial charge in [0.05, 0.1) is 0 Å². The van der Waals surface area contributed by atoms with Crippen LogP contribution in [-0.2, 0) is 0 Å². The Balaban J connectivity index is 2.14. The summed E-state index contributed by atoms with van der Waals surface area (Å²) in [5.41, 5.74) is 6.81. The van der Waals surface area contributed by atoms with Gasteiger partial charge >= 0.3 is 0 Å². The molecule has 0 spiro atoms. The summed E-state index contributed by atoms with van der Waals surface area (Å²) in [6.07, 6.45) is 2.32. The fourth-order valence-electron chi connectivity index (χ4n) is 2.80. The first-order valence-corrected chi connectivity index (χ1v) is 6.67. The van der Waals surface area contributed by atoms with E-state index in [-0.39, 0.29) is 0 Å². The molecule has 1 nitrogen and oxygen atoms in total. The van der Waals surface area contributed by atoms with Gasteiger partial charge in [-0.1, -0.05) is 36.4 Å². The van der Waals surface area contributed by atoms with Crippen molar-refractivity contribution in [3.8, 4) is 11.1 Å². The third-order valence-electron chi connectivity index (χ3n) is 3.74. The molecule has 2 aromatic rings. The average molecular weight is 236 g/mol. The summed E-state index contributed by atoms with van der Waals surface area (Å²) < 4.78 is 0. The lowest BCUT2D eigenvalue weighted by atomic mass is 10.0. The van der Waals surface area contributed by atoms with Crippen LogP contribution in [0.15, 0.2) is 42.5 Å². The molecule has 2 aromatic carbocycles. The molecule has 0 heterocycles. The Bertz CT molecular complexity index is 568. The minimum atomic E-state index is 1.05. The summed E-state index contributed by atoms with van der Waals surface area (Å²) in [4.78, 5) is 2.42. The smallest absolute Gasteiger partial charge is 0.0411 e. The molecule has 1 aliphatic carbocycles. The number of hydrogen-bond acceptors (Lipinski definition) is 1. The van der Waals surface area contributed by atoms with E-state index in [1.807, 2.05) is 0 Å². The van der Waals surface area contributed by atoms with Crippen molar-refractivity contribution in [2.75, 3.05) is 18.0 Å². The summed E-state index contributed by atoms with van der Waals surface area (Å²) in [6, 6.07) is 15.3. The molecule has 1 aliphatic rings. The van der Waals surface area contributed by atoms with Gasteiger partial charge in [0, 0.05) is 25.2 Å². The van der Waals surface area contributed by atoms with Crippen molar-refractivity contribution in [1.29, 1.82) is 0 Å². The van der Waals surface area contributed by atoms with Crippen LogP contribution in [0, 0.1) is 6.42 Å². The van der Waals surface area contributed by atoms with Crippen LogP contribution < -0.4 is 4.90 Å². The van der Waals surface area contributed by atoms with Gasteiger partial charge in [-0.3, -0.25) is 0 Å². The standard InChI is InChI=1S/C17H18N/c1-3-18(4-2)17-11-7-10-15-14-9-6-5-8-13(14)12-16(15)17/h5-12H,3-4H2,1-2H3. The molecule has 3 rings (SSSR count). The van der Waals surface area contributed by atoms with Crippen LogP contribution in [0.3, 0.4) is 0 Å². The van der Waals surface area contributed by atoms with E-state index in [2.05, 4.69) is 67.6 Å². The van der Waals surface area contributed by atoms with Crippen LogP contribution in [-0.4, -0.2) is 13.1 Å². The highest BCUT2D eigenvalue weighted by Crippen LogP contribution is 2.42. The third kappa shape index (κ3) is 1.62. The minimum absolute atomic E-state index is 1.05. The van der Waals surface area contributed by atoms with Crippen molar-refractivity contribution in [2.45, 2.75) is 13.8 Å². The van der Waals surface area contributed by atoms with E-state index in [1.54, 1.807) is 0 Å². The molecule has 0 N–H and O–H groups in total. The molecule has 1 radical (unpaired) electrons. The maximum atomic E-state index is 2.42.